The van der Waals surface area contributed by atoms with Gasteiger partial charge in [0.25, 0.3) is 0 Å². The van der Waals surface area contributed by atoms with Crippen LogP contribution < -0.4 is 11.1 Å². The zero-order valence-electron chi connectivity index (χ0n) is 11.3. The zero-order chi connectivity index (χ0) is 13.2. The van der Waals surface area contributed by atoms with Crippen LogP contribution in [0.3, 0.4) is 0 Å². The van der Waals surface area contributed by atoms with Crippen LogP contribution in [0.15, 0.2) is 24.3 Å². The molecule has 1 aromatic rings. The quantitative estimate of drug-likeness (QED) is 0.793. The van der Waals surface area contributed by atoms with E-state index in [0.29, 0.717) is 6.54 Å². The number of halogens is 1. The van der Waals surface area contributed by atoms with Gasteiger partial charge in [0.1, 0.15) is 5.82 Å². The summed E-state index contributed by atoms with van der Waals surface area (Å²) in [6, 6.07) is 6.85. The number of rotatable bonds is 7. The maximum absolute atomic E-state index is 12.9. The van der Waals surface area contributed by atoms with Crippen molar-refractivity contribution in [1.82, 2.24) is 5.32 Å². The highest BCUT2D eigenvalue weighted by Crippen LogP contribution is 2.48. The first-order valence-corrected chi connectivity index (χ1v) is 7.47. The maximum atomic E-state index is 12.9. The second-order valence-electron chi connectivity index (χ2n) is 6.09. The summed E-state index contributed by atoms with van der Waals surface area (Å²) < 4.78 is 12.9. The van der Waals surface area contributed by atoms with Crippen LogP contribution in [0.5, 0.6) is 0 Å². The molecule has 19 heavy (non-hydrogen) atoms. The van der Waals surface area contributed by atoms with E-state index in [2.05, 4.69) is 5.32 Å². The van der Waals surface area contributed by atoms with E-state index in [-0.39, 0.29) is 11.9 Å². The van der Waals surface area contributed by atoms with E-state index in [1.807, 2.05) is 12.1 Å². The zero-order valence-corrected chi connectivity index (χ0v) is 11.3. The fourth-order valence-electron chi connectivity index (χ4n) is 3.08. The summed E-state index contributed by atoms with van der Waals surface area (Å²) in [5.41, 5.74) is 6.95. The highest BCUT2D eigenvalue weighted by atomic mass is 19.1. The third kappa shape index (κ3) is 3.34. The minimum Gasteiger partial charge on any atom is -0.329 e. The molecule has 2 aliphatic rings. The average Bonchev–Trinajstić information content (AvgIpc) is 3.28. The van der Waals surface area contributed by atoms with E-state index in [0.717, 1.165) is 29.9 Å². The van der Waals surface area contributed by atoms with Crippen LogP contribution in [-0.4, -0.2) is 13.1 Å². The number of benzene rings is 1. The summed E-state index contributed by atoms with van der Waals surface area (Å²) in [5, 5.41) is 3.60. The number of hydrogen-bond acceptors (Lipinski definition) is 2. The Kier molecular flexibility index (Phi) is 3.85. The Morgan fingerprint density at radius 2 is 1.68 bits per heavy atom. The van der Waals surface area contributed by atoms with Gasteiger partial charge in [-0.2, -0.15) is 0 Å². The lowest BCUT2D eigenvalue weighted by Gasteiger charge is -2.22. The van der Waals surface area contributed by atoms with Gasteiger partial charge in [0.15, 0.2) is 0 Å². The van der Waals surface area contributed by atoms with Crippen molar-refractivity contribution in [1.29, 1.82) is 0 Å². The normalized spacial score (nSPS) is 20.8. The van der Waals surface area contributed by atoms with Crippen LogP contribution in [0, 0.1) is 23.6 Å². The van der Waals surface area contributed by atoms with E-state index in [1.54, 1.807) is 0 Å². The Bertz CT molecular complexity index is 397. The van der Waals surface area contributed by atoms with E-state index in [1.165, 1.54) is 37.8 Å². The molecule has 1 atom stereocenters. The molecular weight excluding hydrogens is 239 g/mol. The lowest BCUT2D eigenvalue weighted by atomic mass is 9.97. The summed E-state index contributed by atoms with van der Waals surface area (Å²) in [6.45, 7) is 1.63. The van der Waals surface area contributed by atoms with Crippen LogP contribution in [0.4, 0.5) is 4.39 Å². The molecule has 0 radical (unpaired) electrons. The molecule has 0 amide bonds. The van der Waals surface area contributed by atoms with Gasteiger partial charge in [-0.25, -0.2) is 4.39 Å². The van der Waals surface area contributed by atoms with Crippen molar-refractivity contribution in [2.24, 2.45) is 23.5 Å². The molecule has 3 heteroatoms. The lowest BCUT2D eigenvalue weighted by Crippen LogP contribution is -2.33. The highest BCUT2D eigenvalue weighted by molar-refractivity contribution is 5.20. The molecule has 2 aliphatic carbocycles. The Hall–Kier alpha value is -0.930. The minimum absolute atomic E-state index is 0.153. The molecule has 0 spiro atoms. The van der Waals surface area contributed by atoms with Crippen molar-refractivity contribution in [2.45, 2.75) is 31.7 Å². The van der Waals surface area contributed by atoms with Crippen molar-refractivity contribution in [3.63, 3.8) is 0 Å². The van der Waals surface area contributed by atoms with Gasteiger partial charge in [0.05, 0.1) is 0 Å². The van der Waals surface area contributed by atoms with Gasteiger partial charge in [0, 0.05) is 12.6 Å². The third-order valence-corrected chi connectivity index (χ3v) is 4.56. The predicted octanol–water partition coefficient (Wildman–Crippen LogP) is 2.85. The average molecular weight is 262 g/mol. The van der Waals surface area contributed by atoms with E-state index >= 15 is 0 Å². The van der Waals surface area contributed by atoms with E-state index in [9.17, 15) is 4.39 Å². The van der Waals surface area contributed by atoms with Gasteiger partial charge < -0.3 is 11.1 Å². The van der Waals surface area contributed by atoms with Gasteiger partial charge in [0.2, 0.25) is 0 Å². The largest absolute Gasteiger partial charge is 0.329 e. The van der Waals surface area contributed by atoms with Crippen LogP contribution >= 0.6 is 0 Å². The molecule has 0 aromatic heterocycles. The Morgan fingerprint density at radius 1 is 1.11 bits per heavy atom. The first-order chi connectivity index (χ1) is 9.28. The van der Waals surface area contributed by atoms with Crippen molar-refractivity contribution in [3.8, 4) is 0 Å². The van der Waals surface area contributed by atoms with Gasteiger partial charge in [-0.15, -0.1) is 0 Å². The number of nitrogens with one attached hydrogen (secondary N) is 1. The topological polar surface area (TPSA) is 38.0 Å². The molecule has 2 nitrogen and oxygen atoms in total. The predicted molar refractivity (Wildman–Crippen MR) is 75.1 cm³/mol. The smallest absolute Gasteiger partial charge is 0.123 e. The van der Waals surface area contributed by atoms with Crippen LogP contribution in [0.1, 0.15) is 37.3 Å². The highest BCUT2D eigenvalue weighted by Gasteiger charge is 2.41. The van der Waals surface area contributed by atoms with Crippen LogP contribution in [0.25, 0.3) is 0 Å². The molecular formula is C16H23FN2. The van der Waals surface area contributed by atoms with Crippen LogP contribution in [-0.2, 0) is 0 Å². The fraction of sp³-hybridized carbons (Fsp3) is 0.625. The second-order valence-corrected chi connectivity index (χ2v) is 6.09. The van der Waals surface area contributed by atoms with E-state index in [4.69, 9.17) is 5.73 Å². The van der Waals surface area contributed by atoms with Crippen molar-refractivity contribution >= 4 is 0 Å². The SMILES string of the molecule is NCC(NCC(C1CC1)C1CC1)c1ccc(F)cc1. The summed E-state index contributed by atoms with van der Waals surface area (Å²) in [7, 11) is 0. The molecule has 0 aliphatic heterocycles. The molecule has 0 heterocycles. The second kappa shape index (κ2) is 5.59. The fourth-order valence-corrected chi connectivity index (χ4v) is 3.08. The molecule has 0 saturated heterocycles. The van der Waals surface area contributed by atoms with Gasteiger partial charge >= 0.3 is 0 Å². The Labute approximate surface area is 114 Å². The third-order valence-electron chi connectivity index (χ3n) is 4.56. The molecule has 104 valence electrons. The van der Waals surface area contributed by atoms with Crippen molar-refractivity contribution < 1.29 is 4.39 Å². The van der Waals surface area contributed by atoms with Gasteiger partial charge in [-0.05, 0) is 67.7 Å². The first kappa shape index (κ1) is 13.1. The Balaban J connectivity index is 1.58. The molecule has 3 rings (SSSR count). The molecule has 0 bridgehead atoms. The van der Waals surface area contributed by atoms with Gasteiger partial charge in [-0.1, -0.05) is 12.1 Å². The number of nitrogens with two attached hydrogens (primary N) is 1. The first-order valence-electron chi connectivity index (χ1n) is 7.47. The molecule has 2 fully saturated rings. The van der Waals surface area contributed by atoms with E-state index < -0.39 is 0 Å². The standard InChI is InChI=1S/C16H23FN2/c17-14-7-5-13(6-8-14)16(9-18)19-10-15(11-1-2-11)12-3-4-12/h5-8,11-12,15-16,19H,1-4,9-10,18H2. The van der Waals surface area contributed by atoms with Gasteiger partial charge in [-0.3, -0.25) is 0 Å². The molecule has 1 aromatic carbocycles. The summed E-state index contributed by atoms with van der Waals surface area (Å²) in [4.78, 5) is 0. The lowest BCUT2D eigenvalue weighted by molar-refractivity contribution is 0.357. The molecule has 1 unspecified atom stereocenters. The molecule has 2 saturated carbocycles. The van der Waals surface area contributed by atoms with Crippen molar-refractivity contribution in [2.75, 3.05) is 13.1 Å². The van der Waals surface area contributed by atoms with Crippen LogP contribution in [0.2, 0.25) is 0 Å². The minimum atomic E-state index is -0.187. The monoisotopic (exact) mass is 262 g/mol. The number of hydrogen-bond donors (Lipinski definition) is 2. The Morgan fingerprint density at radius 3 is 2.16 bits per heavy atom. The summed E-state index contributed by atoms with van der Waals surface area (Å²) >= 11 is 0. The maximum Gasteiger partial charge on any atom is 0.123 e. The summed E-state index contributed by atoms with van der Waals surface area (Å²) in [5.74, 6) is 2.56. The van der Waals surface area contributed by atoms with Crippen molar-refractivity contribution in [3.05, 3.63) is 35.6 Å². The molecule has 3 N–H and O–H groups in total. The summed E-state index contributed by atoms with van der Waals surface area (Å²) in [6.07, 6.45) is 5.64.